The van der Waals surface area contributed by atoms with E-state index in [1.807, 2.05) is 12.1 Å². The Hall–Kier alpha value is -1.69. The lowest BCUT2D eigenvalue weighted by molar-refractivity contribution is 0.411. The van der Waals surface area contributed by atoms with Gasteiger partial charge in [0.2, 0.25) is 0 Å². The lowest BCUT2D eigenvalue weighted by Crippen LogP contribution is -2.04. The number of unbranched alkanes of at least 4 members (excludes halogenated alkanes) is 1. The third kappa shape index (κ3) is 2.90. The normalized spacial score (nSPS) is 9.62. The van der Waals surface area contributed by atoms with E-state index in [1.54, 1.807) is 7.11 Å². The lowest BCUT2D eigenvalue weighted by Gasteiger charge is -2.13. The Kier molecular flexibility index (Phi) is 4.65. The zero-order valence-corrected chi connectivity index (χ0v) is 10.1. The van der Waals surface area contributed by atoms with E-state index < -0.39 is 0 Å². The molecule has 0 atom stereocenters. The van der Waals surface area contributed by atoms with Crippen LogP contribution in [0.25, 0.3) is 0 Å². The second kappa shape index (κ2) is 6.02. The molecule has 0 amide bonds. The molecule has 1 aromatic rings. The Labute approximate surface area is 97.0 Å². The molecule has 3 nitrogen and oxygen atoms in total. The van der Waals surface area contributed by atoms with E-state index in [9.17, 15) is 0 Å². The van der Waals surface area contributed by atoms with Crippen LogP contribution >= 0.6 is 0 Å². The number of benzene rings is 1. The highest BCUT2D eigenvalue weighted by Crippen LogP contribution is 2.27. The molecule has 0 unspecified atom stereocenters. The maximum absolute atomic E-state index is 8.44. The van der Waals surface area contributed by atoms with Gasteiger partial charge in [-0.05, 0) is 43.5 Å². The number of anilines is 1. The van der Waals surface area contributed by atoms with Gasteiger partial charge in [-0.15, -0.1) is 0 Å². The Morgan fingerprint density at radius 3 is 2.69 bits per heavy atom. The summed E-state index contributed by atoms with van der Waals surface area (Å²) in [5.41, 5.74) is 3.49. The molecule has 0 aliphatic carbocycles. The van der Waals surface area contributed by atoms with Gasteiger partial charge < -0.3 is 10.1 Å². The van der Waals surface area contributed by atoms with Crippen LogP contribution in [0.2, 0.25) is 0 Å². The number of hydrogen-bond acceptors (Lipinski definition) is 3. The summed E-state index contributed by atoms with van der Waals surface area (Å²) < 4.78 is 5.25. The van der Waals surface area contributed by atoms with Crippen LogP contribution in [0.15, 0.2) is 12.1 Å². The number of nitriles is 1. The Bertz CT molecular complexity index is 394. The summed E-state index contributed by atoms with van der Waals surface area (Å²) in [5, 5.41) is 11.8. The van der Waals surface area contributed by atoms with Crippen molar-refractivity contribution in [1.82, 2.24) is 0 Å². The third-order valence-corrected chi connectivity index (χ3v) is 2.74. The molecule has 0 saturated heterocycles. The number of rotatable bonds is 5. The van der Waals surface area contributed by atoms with E-state index in [2.05, 4.69) is 25.2 Å². The molecule has 0 bridgehead atoms. The molecule has 1 N–H and O–H groups in total. The molecule has 0 aliphatic rings. The van der Waals surface area contributed by atoms with Gasteiger partial charge in [0.05, 0.1) is 13.2 Å². The van der Waals surface area contributed by atoms with E-state index in [-0.39, 0.29) is 0 Å². The molecule has 0 aromatic heterocycles. The van der Waals surface area contributed by atoms with Crippen LogP contribution in [-0.4, -0.2) is 13.7 Å². The molecule has 0 spiro atoms. The highest BCUT2D eigenvalue weighted by atomic mass is 16.5. The van der Waals surface area contributed by atoms with Crippen LogP contribution < -0.4 is 10.1 Å². The molecule has 1 aromatic carbocycles. The molecule has 16 heavy (non-hydrogen) atoms. The number of nitrogens with one attached hydrogen (secondary N) is 1. The fraction of sp³-hybridized carbons (Fsp3) is 0.462. The minimum atomic E-state index is 0.598. The van der Waals surface area contributed by atoms with E-state index in [0.29, 0.717) is 6.42 Å². The van der Waals surface area contributed by atoms with Crippen LogP contribution in [0.1, 0.15) is 24.0 Å². The van der Waals surface area contributed by atoms with Crippen molar-refractivity contribution in [2.75, 3.05) is 19.0 Å². The number of nitrogens with zero attached hydrogens (tertiary/aromatic N) is 1. The number of methoxy groups -OCH3 is 1. The Morgan fingerprint density at radius 1 is 1.31 bits per heavy atom. The van der Waals surface area contributed by atoms with Crippen molar-refractivity contribution in [2.45, 2.75) is 26.7 Å². The van der Waals surface area contributed by atoms with Crippen molar-refractivity contribution in [2.24, 2.45) is 0 Å². The van der Waals surface area contributed by atoms with Crippen molar-refractivity contribution in [3.05, 3.63) is 23.3 Å². The average molecular weight is 218 g/mol. The molecule has 0 aliphatic heterocycles. The van der Waals surface area contributed by atoms with Crippen LogP contribution in [0, 0.1) is 25.2 Å². The third-order valence-electron chi connectivity index (χ3n) is 2.74. The predicted octanol–water partition coefficient (Wildman–Crippen LogP) is 3.03. The average Bonchev–Trinajstić information content (AvgIpc) is 2.30. The fourth-order valence-corrected chi connectivity index (χ4v) is 1.60. The van der Waals surface area contributed by atoms with Gasteiger partial charge in [0.1, 0.15) is 5.75 Å². The van der Waals surface area contributed by atoms with E-state index in [4.69, 9.17) is 10.00 Å². The van der Waals surface area contributed by atoms with Gasteiger partial charge in [0.25, 0.3) is 0 Å². The fourth-order valence-electron chi connectivity index (χ4n) is 1.60. The van der Waals surface area contributed by atoms with Gasteiger partial charge in [-0.25, -0.2) is 0 Å². The van der Waals surface area contributed by atoms with Crippen molar-refractivity contribution in [3.8, 4) is 11.8 Å². The van der Waals surface area contributed by atoms with E-state index >= 15 is 0 Å². The first-order valence-corrected chi connectivity index (χ1v) is 5.45. The summed E-state index contributed by atoms with van der Waals surface area (Å²) in [6.07, 6.45) is 1.47. The monoisotopic (exact) mass is 218 g/mol. The lowest BCUT2D eigenvalue weighted by atomic mass is 10.1. The largest absolute Gasteiger partial charge is 0.496 e. The van der Waals surface area contributed by atoms with Crippen LogP contribution in [0.5, 0.6) is 5.75 Å². The van der Waals surface area contributed by atoms with Gasteiger partial charge in [0, 0.05) is 18.7 Å². The molecule has 1 rings (SSSR count). The summed E-state index contributed by atoms with van der Waals surface area (Å²) in [6, 6.07) is 6.13. The first-order chi connectivity index (χ1) is 7.70. The molecular formula is C13H18N2O. The number of ether oxygens (including phenoxy) is 1. The Morgan fingerprint density at radius 2 is 2.06 bits per heavy atom. The second-order valence-corrected chi connectivity index (χ2v) is 3.75. The van der Waals surface area contributed by atoms with E-state index in [1.165, 1.54) is 5.56 Å². The molecule has 3 heteroatoms. The molecule has 86 valence electrons. The summed E-state index contributed by atoms with van der Waals surface area (Å²) in [4.78, 5) is 0. The zero-order chi connectivity index (χ0) is 12.0. The molecular weight excluding hydrogens is 200 g/mol. The predicted molar refractivity (Wildman–Crippen MR) is 65.8 cm³/mol. The first kappa shape index (κ1) is 12.4. The van der Waals surface area contributed by atoms with Gasteiger partial charge in [-0.2, -0.15) is 5.26 Å². The maximum atomic E-state index is 8.44. The van der Waals surface area contributed by atoms with Crippen LogP contribution in [-0.2, 0) is 0 Å². The molecule has 0 radical (unpaired) electrons. The van der Waals surface area contributed by atoms with Crippen LogP contribution in [0.4, 0.5) is 5.69 Å². The topological polar surface area (TPSA) is 45.0 Å². The highest BCUT2D eigenvalue weighted by molar-refractivity contribution is 5.58. The molecule has 0 fully saturated rings. The van der Waals surface area contributed by atoms with Gasteiger partial charge in [-0.1, -0.05) is 0 Å². The van der Waals surface area contributed by atoms with Crippen molar-refractivity contribution < 1.29 is 4.74 Å². The van der Waals surface area contributed by atoms with E-state index in [0.717, 1.165) is 30.0 Å². The minimum Gasteiger partial charge on any atom is -0.496 e. The van der Waals surface area contributed by atoms with Gasteiger partial charge >= 0.3 is 0 Å². The molecule has 0 heterocycles. The highest BCUT2D eigenvalue weighted by Gasteiger charge is 2.05. The van der Waals surface area contributed by atoms with Crippen molar-refractivity contribution in [1.29, 1.82) is 5.26 Å². The summed E-state index contributed by atoms with van der Waals surface area (Å²) >= 11 is 0. The van der Waals surface area contributed by atoms with Crippen molar-refractivity contribution in [3.63, 3.8) is 0 Å². The SMILES string of the molecule is COc1ccc(NCCCC#N)c(C)c1C. The smallest absolute Gasteiger partial charge is 0.122 e. The second-order valence-electron chi connectivity index (χ2n) is 3.75. The first-order valence-electron chi connectivity index (χ1n) is 5.45. The maximum Gasteiger partial charge on any atom is 0.122 e. The molecule has 0 saturated carbocycles. The summed E-state index contributed by atoms with van der Waals surface area (Å²) in [7, 11) is 1.68. The quantitative estimate of drug-likeness (QED) is 0.773. The summed E-state index contributed by atoms with van der Waals surface area (Å²) in [6.45, 7) is 4.96. The zero-order valence-electron chi connectivity index (χ0n) is 10.1. The number of hydrogen-bond donors (Lipinski definition) is 1. The van der Waals surface area contributed by atoms with Crippen molar-refractivity contribution >= 4 is 5.69 Å². The minimum absolute atomic E-state index is 0.598. The van der Waals surface area contributed by atoms with Gasteiger partial charge in [0.15, 0.2) is 0 Å². The van der Waals surface area contributed by atoms with Crippen LogP contribution in [0.3, 0.4) is 0 Å². The standard InChI is InChI=1S/C13H18N2O/c1-10-11(2)13(16-3)7-6-12(10)15-9-5-4-8-14/h6-7,15H,4-5,9H2,1-3H3. The Balaban J connectivity index is 2.68. The van der Waals surface area contributed by atoms with Gasteiger partial charge in [-0.3, -0.25) is 0 Å². The summed E-state index contributed by atoms with van der Waals surface area (Å²) in [5.74, 6) is 0.917.